The zero-order valence-electron chi connectivity index (χ0n) is 17.1. The van der Waals surface area contributed by atoms with E-state index < -0.39 is 0 Å². The van der Waals surface area contributed by atoms with Gasteiger partial charge in [-0.25, -0.2) is 0 Å². The van der Waals surface area contributed by atoms with E-state index in [4.69, 9.17) is 21.1 Å². The molecule has 1 aromatic heterocycles. The minimum atomic E-state index is 0.0987. The molecule has 1 fully saturated rings. The van der Waals surface area contributed by atoms with E-state index in [1.807, 2.05) is 30.3 Å². The Kier molecular flexibility index (Phi) is 6.44. The van der Waals surface area contributed by atoms with Gasteiger partial charge in [-0.05, 0) is 73.1 Å². The predicted octanol–water partition coefficient (Wildman–Crippen LogP) is 5.68. The van der Waals surface area contributed by atoms with Crippen LogP contribution in [0.4, 0.5) is 0 Å². The Labute approximate surface area is 182 Å². The second-order valence-corrected chi connectivity index (χ2v) is 8.25. The fourth-order valence-corrected chi connectivity index (χ4v) is 4.25. The summed E-state index contributed by atoms with van der Waals surface area (Å²) in [4.78, 5) is 0. The van der Waals surface area contributed by atoms with Crippen molar-refractivity contribution in [3.05, 3.63) is 93.9 Å². The van der Waals surface area contributed by atoms with Gasteiger partial charge < -0.3 is 14.7 Å². The molecule has 0 aliphatic heterocycles. The van der Waals surface area contributed by atoms with Gasteiger partial charge in [0.1, 0.15) is 0 Å². The van der Waals surface area contributed by atoms with Crippen molar-refractivity contribution in [3.63, 3.8) is 0 Å². The van der Waals surface area contributed by atoms with Gasteiger partial charge in [-0.2, -0.15) is 4.73 Å². The number of rotatable bonds is 7. The van der Waals surface area contributed by atoms with Gasteiger partial charge in [0.2, 0.25) is 0 Å². The van der Waals surface area contributed by atoms with Crippen molar-refractivity contribution < 1.29 is 14.2 Å². The molecule has 0 spiro atoms. The summed E-state index contributed by atoms with van der Waals surface area (Å²) in [5.74, 6) is 1.65. The van der Waals surface area contributed by atoms with Crippen molar-refractivity contribution in [2.75, 3.05) is 7.11 Å². The van der Waals surface area contributed by atoms with Crippen LogP contribution in [0.3, 0.4) is 0 Å². The van der Waals surface area contributed by atoms with Crippen molar-refractivity contribution >= 4 is 11.6 Å². The topological polar surface area (TPSA) is 45.4 Å². The van der Waals surface area contributed by atoms with Crippen LogP contribution in [-0.2, 0) is 6.42 Å². The SMILES string of the molecule is COc1ccc([C@H](Cc2cc[n+]([O-])cc2)c2ccc(Cl)cc2)cc1OC1CCCC1. The molecule has 1 heterocycles. The summed E-state index contributed by atoms with van der Waals surface area (Å²) in [7, 11) is 1.68. The molecule has 0 N–H and O–H groups in total. The predicted molar refractivity (Wildman–Crippen MR) is 118 cm³/mol. The maximum absolute atomic E-state index is 11.4. The number of nitrogens with zero attached hydrogens (tertiary/aromatic N) is 1. The van der Waals surface area contributed by atoms with Crippen molar-refractivity contribution in [2.45, 2.75) is 44.1 Å². The number of methoxy groups -OCH3 is 1. The summed E-state index contributed by atoms with van der Waals surface area (Å²) < 4.78 is 12.7. The Morgan fingerprint density at radius 3 is 2.30 bits per heavy atom. The minimum absolute atomic E-state index is 0.0987. The summed E-state index contributed by atoms with van der Waals surface area (Å²) in [5.41, 5.74) is 3.40. The number of halogens is 1. The molecule has 1 aliphatic rings. The number of aromatic nitrogens is 1. The van der Waals surface area contributed by atoms with E-state index in [2.05, 4.69) is 24.3 Å². The number of benzene rings is 2. The zero-order valence-corrected chi connectivity index (χ0v) is 17.8. The van der Waals surface area contributed by atoms with Crippen LogP contribution >= 0.6 is 11.6 Å². The molecule has 30 heavy (non-hydrogen) atoms. The summed E-state index contributed by atoms with van der Waals surface area (Å²) in [6.07, 6.45) is 8.71. The first-order chi connectivity index (χ1) is 14.6. The van der Waals surface area contributed by atoms with Gasteiger partial charge in [-0.3, -0.25) is 0 Å². The van der Waals surface area contributed by atoms with Crippen LogP contribution in [0.5, 0.6) is 11.5 Å². The van der Waals surface area contributed by atoms with Crippen LogP contribution in [0.2, 0.25) is 5.02 Å². The molecule has 1 aliphatic carbocycles. The molecule has 1 saturated carbocycles. The molecule has 2 aromatic carbocycles. The fraction of sp³-hybridized carbons (Fsp3) is 0.320. The molecular formula is C25H26ClNO3. The number of pyridine rings is 1. The van der Waals surface area contributed by atoms with E-state index in [-0.39, 0.29) is 12.0 Å². The first-order valence-corrected chi connectivity index (χ1v) is 10.8. The highest BCUT2D eigenvalue weighted by Gasteiger charge is 2.21. The molecule has 4 nitrogen and oxygen atoms in total. The van der Waals surface area contributed by atoms with Gasteiger partial charge in [0.05, 0.1) is 13.2 Å². The van der Waals surface area contributed by atoms with Crippen molar-refractivity contribution in [2.24, 2.45) is 0 Å². The quantitative estimate of drug-likeness (QED) is 0.363. The summed E-state index contributed by atoms with van der Waals surface area (Å²) in [5, 5.41) is 12.1. The average Bonchev–Trinajstić information content (AvgIpc) is 3.27. The molecule has 0 unspecified atom stereocenters. The standard InChI is InChI=1S/C25H26ClNO3/c1-29-24-11-8-20(17-25(24)30-22-4-2-3-5-22)23(19-6-9-21(26)10-7-19)16-18-12-14-27(28)15-13-18/h6-15,17,22-23H,2-5,16H2,1H3/t23-/m1/s1. The molecule has 0 saturated heterocycles. The van der Waals surface area contributed by atoms with E-state index in [0.29, 0.717) is 5.02 Å². The Hall–Kier alpha value is -2.72. The number of hydrogen-bond donors (Lipinski definition) is 0. The lowest BCUT2D eigenvalue weighted by atomic mass is 9.86. The Morgan fingerprint density at radius 2 is 1.63 bits per heavy atom. The van der Waals surface area contributed by atoms with Crippen LogP contribution < -0.4 is 14.2 Å². The largest absolute Gasteiger partial charge is 0.619 e. The molecule has 156 valence electrons. The minimum Gasteiger partial charge on any atom is -0.619 e. The lowest BCUT2D eigenvalue weighted by molar-refractivity contribution is -0.605. The van der Waals surface area contributed by atoms with Crippen molar-refractivity contribution in [1.82, 2.24) is 0 Å². The van der Waals surface area contributed by atoms with Gasteiger partial charge in [0.25, 0.3) is 0 Å². The second-order valence-electron chi connectivity index (χ2n) is 7.81. The van der Waals surface area contributed by atoms with E-state index in [1.165, 1.54) is 25.2 Å². The van der Waals surface area contributed by atoms with Crippen LogP contribution in [0, 0.1) is 5.21 Å². The van der Waals surface area contributed by atoms with Gasteiger partial charge in [-0.1, -0.05) is 29.8 Å². The third-order valence-corrected chi connectivity index (χ3v) is 6.02. The normalized spacial score (nSPS) is 15.1. The zero-order chi connectivity index (χ0) is 20.9. The van der Waals surface area contributed by atoms with Crippen LogP contribution in [0.25, 0.3) is 0 Å². The maximum atomic E-state index is 11.4. The molecule has 1 atom stereocenters. The molecular weight excluding hydrogens is 398 g/mol. The summed E-state index contributed by atoms with van der Waals surface area (Å²) >= 11 is 6.13. The molecule has 3 aromatic rings. The first kappa shape index (κ1) is 20.5. The Balaban J connectivity index is 1.69. The maximum Gasteiger partial charge on any atom is 0.180 e. The van der Waals surface area contributed by atoms with Crippen molar-refractivity contribution in [1.29, 1.82) is 0 Å². The Morgan fingerprint density at radius 1 is 0.967 bits per heavy atom. The monoisotopic (exact) mass is 423 g/mol. The third-order valence-electron chi connectivity index (χ3n) is 5.77. The van der Waals surface area contributed by atoms with Gasteiger partial charge in [0, 0.05) is 23.1 Å². The number of hydrogen-bond acceptors (Lipinski definition) is 3. The molecule has 0 radical (unpaired) electrons. The molecule has 0 amide bonds. The smallest absolute Gasteiger partial charge is 0.180 e. The highest BCUT2D eigenvalue weighted by molar-refractivity contribution is 6.30. The van der Waals surface area contributed by atoms with Crippen LogP contribution in [0.1, 0.15) is 48.3 Å². The van der Waals surface area contributed by atoms with E-state index in [0.717, 1.165) is 52.2 Å². The lowest BCUT2D eigenvalue weighted by Gasteiger charge is -2.22. The summed E-state index contributed by atoms with van der Waals surface area (Å²) in [6, 6.07) is 17.9. The van der Waals surface area contributed by atoms with Crippen LogP contribution in [-0.4, -0.2) is 13.2 Å². The first-order valence-electron chi connectivity index (χ1n) is 10.4. The summed E-state index contributed by atoms with van der Waals surface area (Å²) in [6.45, 7) is 0. The number of ether oxygens (including phenoxy) is 2. The third kappa shape index (κ3) is 4.88. The van der Waals surface area contributed by atoms with Crippen molar-refractivity contribution in [3.8, 4) is 11.5 Å². The fourth-order valence-electron chi connectivity index (χ4n) is 4.13. The van der Waals surface area contributed by atoms with E-state index in [1.54, 1.807) is 7.11 Å². The average molecular weight is 424 g/mol. The van der Waals surface area contributed by atoms with Gasteiger partial charge in [0.15, 0.2) is 23.9 Å². The van der Waals surface area contributed by atoms with Gasteiger partial charge in [-0.15, -0.1) is 0 Å². The highest BCUT2D eigenvalue weighted by Crippen LogP contribution is 2.37. The van der Waals surface area contributed by atoms with Crippen LogP contribution in [0.15, 0.2) is 67.0 Å². The van der Waals surface area contributed by atoms with E-state index >= 15 is 0 Å². The van der Waals surface area contributed by atoms with E-state index in [9.17, 15) is 5.21 Å². The molecule has 4 rings (SSSR count). The molecule has 5 heteroatoms. The Bertz CT molecular complexity index is 967. The second kappa shape index (κ2) is 9.40. The lowest BCUT2D eigenvalue weighted by Crippen LogP contribution is -2.24. The van der Waals surface area contributed by atoms with Gasteiger partial charge >= 0.3 is 0 Å². The molecule has 0 bridgehead atoms. The highest BCUT2D eigenvalue weighted by atomic mass is 35.5.